The molecule has 0 aliphatic carbocycles. The van der Waals surface area contributed by atoms with Gasteiger partial charge in [-0.25, -0.2) is 9.97 Å². The number of anilines is 3. The molecule has 2 aliphatic heterocycles. The zero-order valence-corrected chi connectivity index (χ0v) is 17.5. The van der Waals surface area contributed by atoms with E-state index in [9.17, 15) is 4.79 Å². The lowest BCUT2D eigenvalue weighted by Crippen LogP contribution is -2.45. The number of amides is 1. The molecule has 4 rings (SSSR count). The molecule has 30 heavy (non-hydrogen) atoms. The zero-order chi connectivity index (χ0) is 21.1. The minimum atomic E-state index is -0.440. The van der Waals surface area contributed by atoms with Gasteiger partial charge in [-0.05, 0) is 37.9 Å². The Morgan fingerprint density at radius 1 is 1.17 bits per heavy atom. The van der Waals surface area contributed by atoms with Crippen LogP contribution in [0.4, 0.5) is 17.5 Å². The molecule has 2 fully saturated rings. The molecule has 2 aliphatic rings. The van der Waals surface area contributed by atoms with Crippen molar-refractivity contribution in [2.24, 2.45) is 5.92 Å². The number of furan rings is 1. The van der Waals surface area contributed by atoms with E-state index in [0.717, 1.165) is 57.9 Å². The van der Waals surface area contributed by atoms with E-state index in [0.29, 0.717) is 17.6 Å². The third-order valence-corrected chi connectivity index (χ3v) is 5.82. The molecule has 4 heterocycles. The second-order valence-electron chi connectivity index (χ2n) is 8.09. The number of nitrogens with zero attached hydrogens (tertiary/aromatic N) is 6. The largest absolute Gasteiger partial charge is 0.440 e. The lowest BCUT2D eigenvalue weighted by Gasteiger charge is -2.35. The molecule has 9 heteroatoms. The van der Waals surface area contributed by atoms with E-state index in [1.165, 1.54) is 12.1 Å². The first-order valence-electron chi connectivity index (χ1n) is 10.4. The summed E-state index contributed by atoms with van der Waals surface area (Å²) in [6, 6.07) is 4.85. The molecule has 2 aromatic rings. The number of piperazine rings is 1. The Kier molecular flexibility index (Phi) is 5.86. The molecule has 1 N–H and O–H groups in total. The Morgan fingerprint density at radius 2 is 1.90 bits per heavy atom. The van der Waals surface area contributed by atoms with Gasteiger partial charge in [-0.2, -0.15) is 5.26 Å². The lowest BCUT2D eigenvalue weighted by molar-refractivity contribution is 0.0995. The molecule has 0 aromatic carbocycles. The number of hydrogen-bond donors (Lipinski definition) is 1. The van der Waals surface area contributed by atoms with Crippen LogP contribution in [-0.2, 0) is 0 Å². The maximum Gasteiger partial charge on any atom is 0.292 e. The van der Waals surface area contributed by atoms with Gasteiger partial charge in [-0.1, -0.05) is 6.92 Å². The van der Waals surface area contributed by atoms with Gasteiger partial charge in [0.25, 0.3) is 5.91 Å². The number of nitriles is 1. The van der Waals surface area contributed by atoms with Crippen molar-refractivity contribution < 1.29 is 9.21 Å². The first-order chi connectivity index (χ1) is 14.5. The van der Waals surface area contributed by atoms with Crippen molar-refractivity contribution >= 4 is 23.4 Å². The molecular formula is C21H27N7O2. The monoisotopic (exact) mass is 409 g/mol. The van der Waals surface area contributed by atoms with Gasteiger partial charge >= 0.3 is 0 Å². The Morgan fingerprint density at radius 3 is 2.57 bits per heavy atom. The first-order valence-corrected chi connectivity index (χ1v) is 10.4. The second kappa shape index (κ2) is 8.71. The highest BCUT2D eigenvalue weighted by atomic mass is 16.3. The van der Waals surface area contributed by atoms with Gasteiger partial charge in [0, 0.05) is 39.3 Å². The van der Waals surface area contributed by atoms with E-state index in [1.54, 1.807) is 6.20 Å². The van der Waals surface area contributed by atoms with Crippen LogP contribution in [0.5, 0.6) is 0 Å². The van der Waals surface area contributed by atoms with Gasteiger partial charge in [0.15, 0.2) is 17.4 Å². The molecular weight excluding hydrogens is 382 g/mol. The summed E-state index contributed by atoms with van der Waals surface area (Å²) in [6.07, 6.45) is 3.88. The minimum absolute atomic E-state index is 0.0784. The fourth-order valence-electron chi connectivity index (χ4n) is 3.78. The highest BCUT2D eigenvalue weighted by Crippen LogP contribution is 2.29. The quantitative estimate of drug-likeness (QED) is 0.820. The van der Waals surface area contributed by atoms with Gasteiger partial charge in [-0.3, -0.25) is 4.79 Å². The second-order valence-corrected chi connectivity index (χ2v) is 8.09. The average Bonchev–Trinajstić information content (AvgIpc) is 3.25. The SMILES string of the molecule is CC1CCN(c2nc(N3CCN(C)CC3)cnc2NC(=O)c2ccc(C#N)o2)CC1. The first kappa shape index (κ1) is 20.2. The average molecular weight is 409 g/mol. The number of rotatable bonds is 4. The maximum absolute atomic E-state index is 12.6. The van der Waals surface area contributed by atoms with Gasteiger partial charge in [-0.15, -0.1) is 0 Å². The topological polar surface area (TPSA) is 102 Å². The van der Waals surface area contributed by atoms with E-state index in [-0.39, 0.29) is 11.5 Å². The summed E-state index contributed by atoms with van der Waals surface area (Å²) in [5.41, 5.74) is 0. The van der Waals surface area contributed by atoms with E-state index in [1.807, 2.05) is 6.07 Å². The van der Waals surface area contributed by atoms with Crippen molar-refractivity contribution in [2.45, 2.75) is 19.8 Å². The third kappa shape index (κ3) is 4.39. The van der Waals surface area contributed by atoms with Gasteiger partial charge in [0.2, 0.25) is 5.76 Å². The predicted molar refractivity (Wildman–Crippen MR) is 114 cm³/mol. The van der Waals surface area contributed by atoms with Crippen LogP contribution in [0.2, 0.25) is 0 Å². The number of carbonyl (C=O) groups excluding carboxylic acids is 1. The van der Waals surface area contributed by atoms with E-state index in [4.69, 9.17) is 14.7 Å². The Balaban J connectivity index is 1.59. The van der Waals surface area contributed by atoms with Crippen LogP contribution in [0.15, 0.2) is 22.7 Å². The van der Waals surface area contributed by atoms with Crippen LogP contribution in [0.3, 0.4) is 0 Å². The number of piperidine rings is 1. The van der Waals surface area contributed by atoms with Crippen molar-refractivity contribution in [3.8, 4) is 6.07 Å². The number of nitrogens with one attached hydrogen (secondary N) is 1. The van der Waals surface area contributed by atoms with Crippen molar-refractivity contribution in [3.05, 3.63) is 29.9 Å². The van der Waals surface area contributed by atoms with Crippen LogP contribution < -0.4 is 15.1 Å². The molecule has 0 spiro atoms. The molecule has 1 amide bonds. The van der Waals surface area contributed by atoms with Crippen LogP contribution in [0.25, 0.3) is 0 Å². The lowest BCUT2D eigenvalue weighted by atomic mass is 9.99. The fourth-order valence-corrected chi connectivity index (χ4v) is 3.78. The van der Waals surface area contributed by atoms with Crippen LogP contribution >= 0.6 is 0 Å². The Labute approximate surface area is 176 Å². The molecule has 0 bridgehead atoms. The maximum atomic E-state index is 12.6. The zero-order valence-electron chi connectivity index (χ0n) is 17.5. The normalized spacial score (nSPS) is 18.3. The van der Waals surface area contributed by atoms with Crippen LogP contribution in [0, 0.1) is 17.2 Å². The molecule has 2 aromatic heterocycles. The summed E-state index contributed by atoms with van der Waals surface area (Å²) in [5.74, 6) is 2.36. The number of likely N-dealkylation sites (N-methyl/N-ethyl adjacent to an activating group) is 1. The predicted octanol–water partition coefficient (Wildman–Crippen LogP) is 2.18. The van der Waals surface area contributed by atoms with Crippen molar-refractivity contribution in [3.63, 3.8) is 0 Å². The standard InChI is InChI=1S/C21H27N7O2/c1-15-5-7-28(8-6-15)20-19(25-21(29)17-4-3-16(13-22)30-17)23-14-18(24-20)27-11-9-26(2)10-12-27/h3-4,14-15H,5-12H2,1-2H3,(H,23,25,29). The van der Waals surface area contributed by atoms with E-state index in [2.05, 4.69) is 39.0 Å². The highest BCUT2D eigenvalue weighted by Gasteiger charge is 2.25. The van der Waals surface area contributed by atoms with Gasteiger partial charge < -0.3 is 24.4 Å². The molecule has 9 nitrogen and oxygen atoms in total. The smallest absolute Gasteiger partial charge is 0.292 e. The molecule has 0 saturated carbocycles. The highest BCUT2D eigenvalue weighted by molar-refractivity contribution is 6.03. The van der Waals surface area contributed by atoms with Crippen molar-refractivity contribution in [1.29, 1.82) is 5.26 Å². The summed E-state index contributed by atoms with van der Waals surface area (Å²) in [4.78, 5) is 28.8. The number of hydrogen-bond acceptors (Lipinski definition) is 8. The summed E-state index contributed by atoms with van der Waals surface area (Å²) in [5, 5.41) is 11.7. The van der Waals surface area contributed by atoms with Gasteiger partial charge in [0.1, 0.15) is 11.9 Å². The molecule has 0 unspecified atom stereocenters. The van der Waals surface area contributed by atoms with Crippen molar-refractivity contribution in [2.75, 3.05) is 61.4 Å². The molecule has 0 atom stereocenters. The summed E-state index contributed by atoms with van der Waals surface area (Å²) >= 11 is 0. The van der Waals surface area contributed by atoms with Crippen LogP contribution in [0.1, 0.15) is 36.1 Å². The Bertz CT molecular complexity index is 935. The minimum Gasteiger partial charge on any atom is -0.440 e. The number of carbonyl (C=O) groups is 1. The van der Waals surface area contributed by atoms with Gasteiger partial charge in [0.05, 0.1) is 6.20 Å². The number of aromatic nitrogens is 2. The summed E-state index contributed by atoms with van der Waals surface area (Å²) in [6.45, 7) is 7.78. The fraction of sp³-hybridized carbons (Fsp3) is 0.524. The van der Waals surface area contributed by atoms with Crippen molar-refractivity contribution in [1.82, 2.24) is 14.9 Å². The molecule has 2 saturated heterocycles. The summed E-state index contributed by atoms with van der Waals surface area (Å²) < 4.78 is 5.25. The molecule has 158 valence electrons. The summed E-state index contributed by atoms with van der Waals surface area (Å²) in [7, 11) is 2.12. The van der Waals surface area contributed by atoms with Crippen LogP contribution in [-0.4, -0.2) is 67.1 Å². The third-order valence-electron chi connectivity index (χ3n) is 5.82. The van der Waals surface area contributed by atoms with E-state index >= 15 is 0 Å². The Hall–Kier alpha value is -3.12. The molecule has 0 radical (unpaired) electrons. The van der Waals surface area contributed by atoms with E-state index < -0.39 is 5.91 Å².